The van der Waals surface area contributed by atoms with Crippen LogP contribution in [0.25, 0.3) is 0 Å². The lowest BCUT2D eigenvalue weighted by molar-refractivity contribution is -0.127. The van der Waals surface area contributed by atoms with Crippen LogP contribution in [-0.2, 0) is 11.3 Å². The smallest absolute Gasteiger partial charge is 0.253 e. The second kappa shape index (κ2) is 11.1. The van der Waals surface area contributed by atoms with Gasteiger partial charge >= 0.3 is 0 Å². The molecular weight excluding hydrogens is 330 g/mol. The Kier molecular flexibility index (Phi) is 9.19. The van der Waals surface area contributed by atoms with Crippen molar-refractivity contribution in [2.45, 2.75) is 27.3 Å². The van der Waals surface area contributed by atoms with Crippen molar-refractivity contribution in [2.75, 3.05) is 40.3 Å². The van der Waals surface area contributed by atoms with E-state index in [0.29, 0.717) is 37.7 Å². The lowest BCUT2D eigenvalue weighted by atomic mass is 10.1. The van der Waals surface area contributed by atoms with Gasteiger partial charge in [0.25, 0.3) is 5.91 Å². The molecule has 0 saturated carbocycles. The molecule has 1 aromatic carbocycles. The number of likely N-dealkylation sites (N-methyl/N-ethyl adjacent to an activating group) is 1. The first kappa shape index (κ1) is 21.5. The molecule has 0 aliphatic carbocycles. The van der Waals surface area contributed by atoms with Gasteiger partial charge in [0.1, 0.15) is 0 Å². The van der Waals surface area contributed by atoms with Gasteiger partial charge in [-0.1, -0.05) is 12.1 Å². The minimum absolute atomic E-state index is 0.0186. The SMILES string of the molecule is CCNC(=NCc1ccc(C(=O)N(CC)CC)cc1)NCC(=O)N(C)C. The number of rotatable bonds is 8. The number of nitrogens with zero attached hydrogens (tertiary/aromatic N) is 3. The summed E-state index contributed by atoms with van der Waals surface area (Å²) in [6.45, 7) is 8.68. The highest BCUT2D eigenvalue weighted by Gasteiger charge is 2.11. The molecule has 2 N–H and O–H groups in total. The second-order valence-corrected chi connectivity index (χ2v) is 6.01. The molecule has 0 atom stereocenters. The van der Waals surface area contributed by atoms with Crippen LogP contribution in [0.2, 0.25) is 0 Å². The summed E-state index contributed by atoms with van der Waals surface area (Å²) in [6.07, 6.45) is 0. The maximum absolute atomic E-state index is 12.3. The van der Waals surface area contributed by atoms with Gasteiger partial charge in [-0.3, -0.25) is 9.59 Å². The molecule has 1 aromatic rings. The number of hydrogen-bond acceptors (Lipinski definition) is 3. The van der Waals surface area contributed by atoms with E-state index in [4.69, 9.17) is 0 Å². The summed E-state index contributed by atoms with van der Waals surface area (Å²) in [4.78, 5) is 31.8. The molecule has 144 valence electrons. The van der Waals surface area contributed by atoms with Gasteiger partial charge in [-0.05, 0) is 38.5 Å². The summed E-state index contributed by atoms with van der Waals surface area (Å²) >= 11 is 0. The van der Waals surface area contributed by atoms with Gasteiger partial charge in [0.05, 0.1) is 13.1 Å². The fourth-order valence-corrected chi connectivity index (χ4v) is 2.28. The van der Waals surface area contributed by atoms with Crippen molar-refractivity contribution in [3.05, 3.63) is 35.4 Å². The lowest BCUT2D eigenvalue weighted by Gasteiger charge is -2.18. The third-order valence-corrected chi connectivity index (χ3v) is 3.92. The predicted octanol–water partition coefficient (Wildman–Crippen LogP) is 1.31. The van der Waals surface area contributed by atoms with Crippen molar-refractivity contribution in [1.82, 2.24) is 20.4 Å². The normalized spacial score (nSPS) is 11.0. The van der Waals surface area contributed by atoms with E-state index in [2.05, 4.69) is 15.6 Å². The van der Waals surface area contributed by atoms with Crippen LogP contribution in [0.5, 0.6) is 0 Å². The summed E-state index contributed by atoms with van der Waals surface area (Å²) in [6, 6.07) is 7.49. The van der Waals surface area contributed by atoms with Crippen molar-refractivity contribution >= 4 is 17.8 Å². The highest BCUT2D eigenvalue weighted by molar-refractivity contribution is 5.94. The van der Waals surface area contributed by atoms with E-state index in [0.717, 1.165) is 5.56 Å². The van der Waals surface area contributed by atoms with Gasteiger partial charge in [-0.2, -0.15) is 0 Å². The van der Waals surface area contributed by atoms with E-state index in [-0.39, 0.29) is 18.4 Å². The Morgan fingerprint density at radius 2 is 1.62 bits per heavy atom. The van der Waals surface area contributed by atoms with E-state index in [1.165, 1.54) is 4.90 Å². The Bertz CT molecular complexity index is 607. The maximum atomic E-state index is 12.3. The molecular formula is C19H31N5O2. The summed E-state index contributed by atoms with van der Waals surface area (Å²) < 4.78 is 0. The average molecular weight is 361 g/mol. The maximum Gasteiger partial charge on any atom is 0.253 e. The van der Waals surface area contributed by atoms with Crippen molar-refractivity contribution in [1.29, 1.82) is 0 Å². The van der Waals surface area contributed by atoms with Gasteiger partial charge < -0.3 is 20.4 Å². The molecule has 0 spiro atoms. The molecule has 0 bridgehead atoms. The van der Waals surface area contributed by atoms with Crippen LogP contribution in [0.3, 0.4) is 0 Å². The van der Waals surface area contributed by atoms with Crippen LogP contribution >= 0.6 is 0 Å². The number of amides is 2. The minimum Gasteiger partial charge on any atom is -0.357 e. The standard InChI is InChI=1S/C19H31N5O2/c1-6-20-19(22-14-17(25)23(4)5)21-13-15-9-11-16(12-10-15)18(26)24(7-2)8-3/h9-12H,6-8,13-14H2,1-5H3,(H2,20,21,22). The van der Waals surface area contributed by atoms with E-state index in [1.807, 2.05) is 45.0 Å². The fourth-order valence-electron chi connectivity index (χ4n) is 2.28. The van der Waals surface area contributed by atoms with E-state index >= 15 is 0 Å². The van der Waals surface area contributed by atoms with Gasteiger partial charge in [0.2, 0.25) is 5.91 Å². The number of carbonyl (C=O) groups is 2. The summed E-state index contributed by atoms with van der Waals surface area (Å²) in [5.74, 6) is 0.614. The van der Waals surface area contributed by atoms with Gasteiger partial charge in [-0.15, -0.1) is 0 Å². The highest BCUT2D eigenvalue weighted by Crippen LogP contribution is 2.09. The number of guanidine groups is 1. The third kappa shape index (κ3) is 6.74. The largest absolute Gasteiger partial charge is 0.357 e. The lowest BCUT2D eigenvalue weighted by Crippen LogP contribution is -2.42. The number of carbonyl (C=O) groups excluding carboxylic acids is 2. The summed E-state index contributed by atoms with van der Waals surface area (Å²) in [7, 11) is 3.43. The van der Waals surface area contributed by atoms with E-state index < -0.39 is 0 Å². The first-order valence-corrected chi connectivity index (χ1v) is 9.03. The first-order valence-electron chi connectivity index (χ1n) is 9.03. The van der Waals surface area contributed by atoms with Crippen molar-refractivity contribution in [3.63, 3.8) is 0 Å². The van der Waals surface area contributed by atoms with Gasteiger partial charge in [0, 0.05) is 39.3 Å². The first-order chi connectivity index (χ1) is 12.4. The van der Waals surface area contributed by atoms with Crippen LogP contribution in [0.4, 0.5) is 0 Å². The highest BCUT2D eigenvalue weighted by atomic mass is 16.2. The van der Waals surface area contributed by atoms with Gasteiger partial charge in [-0.25, -0.2) is 4.99 Å². The number of aliphatic imine (C=N–C) groups is 1. The second-order valence-electron chi connectivity index (χ2n) is 6.01. The third-order valence-electron chi connectivity index (χ3n) is 3.92. The predicted molar refractivity (Wildman–Crippen MR) is 105 cm³/mol. The summed E-state index contributed by atoms with van der Waals surface area (Å²) in [5.41, 5.74) is 1.68. The topological polar surface area (TPSA) is 77.0 Å². The molecule has 26 heavy (non-hydrogen) atoms. The molecule has 0 unspecified atom stereocenters. The molecule has 0 radical (unpaired) electrons. The van der Waals surface area contributed by atoms with E-state index in [1.54, 1.807) is 19.0 Å². The van der Waals surface area contributed by atoms with Crippen LogP contribution in [0, 0.1) is 0 Å². The Hall–Kier alpha value is -2.57. The van der Waals surface area contributed by atoms with Crippen LogP contribution in [0.1, 0.15) is 36.7 Å². The Balaban J connectivity index is 2.71. The Morgan fingerprint density at radius 3 is 2.12 bits per heavy atom. The molecule has 0 fully saturated rings. The fraction of sp³-hybridized carbons (Fsp3) is 0.526. The molecule has 0 aromatic heterocycles. The Morgan fingerprint density at radius 1 is 1.00 bits per heavy atom. The van der Waals surface area contributed by atoms with Crippen molar-refractivity contribution in [2.24, 2.45) is 4.99 Å². The number of hydrogen-bond donors (Lipinski definition) is 2. The van der Waals surface area contributed by atoms with Crippen molar-refractivity contribution < 1.29 is 9.59 Å². The molecule has 1 rings (SSSR count). The van der Waals surface area contributed by atoms with Crippen molar-refractivity contribution in [3.8, 4) is 0 Å². The molecule has 0 aliphatic heterocycles. The number of benzene rings is 1. The van der Waals surface area contributed by atoms with Gasteiger partial charge in [0.15, 0.2) is 5.96 Å². The molecule has 7 nitrogen and oxygen atoms in total. The molecule has 7 heteroatoms. The zero-order valence-electron chi connectivity index (χ0n) is 16.5. The van der Waals surface area contributed by atoms with Crippen LogP contribution in [0.15, 0.2) is 29.3 Å². The van der Waals surface area contributed by atoms with Crippen LogP contribution in [-0.4, -0.2) is 67.8 Å². The molecule has 0 saturated heterocycles. The minimum atomic E-state index is -0.0186. The quantitative estimate of drug-likeness (QED) is 0.541. The average Bonchev–Trinajstić information content (AvgIpc) is 2.64. The van der Waals surface area contributed by atoms with Crippen LogP contribution < -0.4 is 10.6 Å². The zero-order chi connectivity index (χ0) is 19.5. The monoisotopic (exact) mass is 361 g/mol. The summed E-state index contributed by atoms with van der Waals surface area (Å²) in [5, 5.41) is 6.13. The molecule has 0 heterocycles. The number of nitrogens with one attached hydrogen (secondary N) is 2. The molecule has 2 amide bonds. The van der Waals surface area contributed by atoms with E-state index in [9.17, 15) is 9.59 Å². The zero-order valence-corrected chi connectivity index (χ0v) is 16.5. The Labute approximate surface area is 156 Å². The molecule has 0 aliphatic rings.